The minimum atomic E-state index is -0.0778. The molecule has 5 rings (SSSR count). The number of amides is 2. The fourth-order valence-corrected chi connectivity index (χ4v) is 5.62. The van der Waals surface area contributed by atoms with Crippen LogP contribution >= 0.6 is 11.8 Å². The maximum Gasteiger partial charge on any atom is 0.252 e. The predicted molar refractivity (Wildman–Crippen MR) is 129 cm³/mol. The molecule has 6 heteroatoms. The minimum Gasteiger partial charge on any atom is -0.493 e. The lowest BCUT2D eigenvalue weighted by atomic mass is 9.88. The van der Waals surface area contributed by atoms with Crippen molar-refractivity contribution in [3.63, 3.8) is 0 Å². The number of carbonyl (C=O) groups is 2. The van der Waals surface area contributed by atoms with Gasteiger partial charge in [0.2, 0.25) is 5.91 Å². The number of rotatable bonds is 4. The molecule has 2 aromatic rings. The Morgan fingerprint density at radius 1 is 1.22 bits per heavy atom. The highest BCUT2D eigenvalue weighted by atomic mass is 32.2. The Hall–Kier alpha value is -2.99. The average molecular weight is 447 g/mol. The summed E-state index contributed by atoms with van der Waals surface area (Å²) in [4.78, 5) is 26.2. The smallest absolute Gasteiger partial charge is 0.252 e. The fourth-order valence-electron chi connectivity index (χ4n) is 4.63. The number of carbonyl (C=O) groups excluding carboxylic acids is 2. The molecule has 3 heterocycles. The highest BCUT2D eigenvalue weighted by molar-refractivity contribution is 8.11. The number of anilines is 1. The lowest BCUT2D eigenvalue weighted by Gasteiger charge is -2.25. The molecule has 1 unspecified atom stereocenters. The van der Waals surface area contributed by atoms with Crippen LogP contribution in [0.3, 0.4) is 0 Å². The monoisotopic (exact) mass is 446 g/mol. The van der Waals surface area contributed by atoms with Crippen molar-refractivity contribution in [2.75, 3.05) is 18.5 Å². The van der Waals surface area contributed by atoms with E-state index in [-0.39, 0.29) is 17.7 Å². The van der Waals surface area contributed by atoms with Crippen molar-refractivity contribution >= 4 is 34.2 Å². The molecule has 0 saturated carbocycles. The van der Waals surface area contributed by atoms with Crippen LogP contribution in [0, 0.1) is 0 Å². The molecule has 5 nitrogen and oxygen atoms in total. The van der Waals surface area contributed by atoms with E-state index in [9.17, 15) is 9.59 Å². The zero-order valence-electron chi connectivity index (χ0n) is 18.1. The summed E-state index contributed by atoms with van der Waals surface area (Å²) in [5.74, 6) is 1.11. The molecule has 2 N–H and O–H groups in total. The number of hydrogen-bond acceptors (Lipinski definition) is 4. The third kappa shape index (κ3) is 4.19. The summed E-state index contributed by atoms with van der Waals surface area (Å²) in [5, 5.41) is 7.96. The van der Waals surface area contributed by atoms with Crippen molar-refractivity contribution in [3.8, 4) is 5.75 Å². The number of allylic oxidation sites excluding steroid dienone is 1. The normalized spacial score (nSPS) is 20.2. The molecule has 2 amide bonds. The van der Waals surface area contributed by atoms with Gasteiger partial charge in [-0.3, -0.25) is 9.59 Å². The third-order valence-corrected chi connectivity index (χ3v) is 7.52. The predicted octanol–water partition coefficient (Wildman–Crippen LogP) is 5.01. The topological polar surface area (TPSA) is 67.4 Å². The molecule has 1 saturated heterocycles. The molecule has 0 radical (unpaired) electrons. The van der Waals surface area contributed by atoms with Crippen molar-refractivity contribution in [3.05, 3.63) is 75.7 Å². The number of thioether (sulfide) groups is 1. The van der Waals surface area contributed by atoms with Crippen LogP contribution in [0.25, 0.3) is 4.91 Å². The Bertz CT molecular complexity index is 1150. The summed E-state index contributed by atoms with van der Waals surface area (Å²) < 4.78 is 5.62. The minimum absolute atomic E-state index is 0.0696. The molecule has 0 aromatic heterocycles. The van der Waals surface area contributed by atoms with Gasteiger partial charge in [0.25, 0.3) is 5.91 Å². The molecule has 164 valence electrons. The molecule has 2 aromatic carbocycles. The van der Waals surface area contributed by atoms with Crippen LogP contribution in [0.1, 0.15) is 48.8 Å². The highest BCUT2D eigenvalue weighted by Crippen LogP contribution is 2.41. The van der Waals surface area contributed by atoms with Gasteiger partial charge < -0.3 is 15.4 Å². The maximum atomic E-state index is 13.1. The third-order valence-electron chi connectivity index (χ3n) is 6.30. The van der Waals surface area contributed by atoms with Crippen LogP contribution in [-0.4, -0.2) is 25.0 Å². The van der Waals surface area contributed by atoms with E-state index in [2.05, 4.69) is 29.7 Å². The second-order valence-corrected chi connectivity index (χ2v) is 9.43. The zero-order chi connectivity index (χ0) is 22.1. The summed E-state index contributed by atoms with van der Waals surface area (Å²) in [5.41, 5.74) is 6.23. The quantitative estimate of drug-likeness (QED) is 0.693. The van der Waals surface area contributed by atoms with Crippen molar-refractivity contribution in [1.82, 2.24) is 5.32 Å². The summed E-state index contributed by atoms with van der Waals surface area (Å²) in [6.07, 6.45) is 2.91. The number of hydrogen-bond donors (Lipinski definition) is 2. The maximum absolute atomic E-state index is 13.1. The Kier molecular flexibility index (Phi) is 5.79. The summed E-state index contributed by atoms with van der Waals surface area (Å²) in [6.45, 7) is 3.53. The second kappa shape index (κ2) is 8.87. The molecule has 32 heavy (non-hydrogen) atoms. The number of piperidine rings is 1. The summed E-state index contributed by atoms with van der Waals surface area (Å²) >= 11 is 1.61. The van der Waals surface area contributed by atoms with Crippen LogP contribution in [0.2, 0.25) is 0 Å². The molecular formula is C26H26N2O3S. The zero-order valence-corrected chi connectivity index (χ0v) is 18.9. The van der Waals surface area contributed by atoms with E-state index in [1.54, 1.807) is 11.8 Å². The Morgan fingerprint density at radius 2 is 2.09 bits per heavy atom. The first-order valence-electron chi connectivity index (χ1n) is 11.1. The van der Waals surface area contributed by atoms with Gasteiger partial charge in [-0.1, -0.05) is 41.6 Å². The second-order valence-electron chi connectivity index (χ2n) is 8.55. The SMILES string of the molecule is CC1=C(c2ccc3c(c2)CCO3)SC=C(C(=O)Nc2ccccc2C2CCNC(=O)C2)C1. The summed E-state index contributed by atoms with van der Waals surface area (Å²) in [6, 6.07) is 14.2. The van der Waals surface area contributed by atoms with E-state index in [1.165, 1.54) is 21.6 Å². The van der Waals surface area contributed by atoms with Gasteiger partial charge in [-0.05, 0) is 59.6 Å². The first-order chi connectivity index (χ1) is 15.6. The Morgan fingerprint density at radius 3 is 2.94 bits per heavy atom. The van der Waals surface area contributed by atoms with Crippen molar-refractivity contribution in [2.24, 2.45) is 0 Å². The first-order valence-corrected chi connectivity index (χ1v) is 11.9. The number of fused-ring (bicyclic) bond motifs is 1. The molecule has 0 bridgehead atoms. The molecular weight excluding hydrogens is 420 g/mol. The molecule has 1 atom stereocenters. The van der Waals surface area contributed by atoms with Gasteiger partial charge in [-0.2, -0.15) is 0 Å². The van der Waals surface area contributed by atoms with E-state index in [4.69, 9.17) is 4.74 Å². The Labute approximate surface area is 192 Å². The van der Waals surface area contributed by atoms with Gasteiger partial charge in [0.15, 0.2) is 0 Å². The van der Waals surface area contributed by atoms with Crippen LogP contribution in [0.15, 0.2) is 59.0 Å². The van der Waals surface area contributed by atoms with Crippen molar-refractivity contribution in [2.45, 2.75) is 38.5 Å². The van der Waals surface area contributed by atoms with E-state index in [1.807, 2.05) is 35.7 Å². The lowest BCUT2D eigenvalue weighted by molar-refractivity contribution is -0.122. The van der Waals surface area contributed by atoms with Gasteiger partial charge in [0.1, 0.15) is 5.75 Å². The highest BCUT2D eigenvalue weighted by Gasteiger charge is 2.25. The Balaban J connectivity index is 1.30. The number of ether oxygens (including phenoxy) is 1. The van der Waals surface area contributed by atoms with Crippen LogP contribution in [0.5, 0.6) is 5.75 Å². The standard InChI is InChI=1S/C26H26N2O3S/c1-16-12-20(15-32-25(16)19-6-7-23-18(13-19)9-11-31-23)26(30)28-22-5-3-2-4-21(22)17-8-10-27-24(29)14-17/h2-7,13,15,17H,8-12,14H2,1H3,(H,27,29)(H,28,30). The summed E-state index contributed by atoms with van der Waals surface area (Å²) in [7, 11) is 0. The lowest BCUT2D eigenvalue weighted by Crippen LogP contribution is -2.33. The molecule has 1 fully saturated rings. The first kappa shape index (κ1) is 20.9. The van der Waals surface area contributed by atoms with Crippen LogP contribution in [-0.2, 0) is 16.0 Å². The van der Waals surface area contributed by atoms with Crippen molar-refractivity contribution < 1.29 is 14.3 Å². The van der Waals surface area contributed by atoms with Gasteiger partial charge in [-0.25, -0.2) is 0 Å². The van der Waals surface area contributed by atoms with Crippen molar-refractivity contribution in [1.29, 1.82) is 0 Å². The largest absolute Gasteiger partial charge is 0.493 e. The van der Waals surface area contributed by atoms with Gasteiger partial charge in [0, 0.05) is 42.0 Å². The van der Waals surface area contributed by atoms with Gasteiger partial charge in [-0.15, -0.1) is 0 Å². The molecule has 0 spiro atoms. The molecule has 0 aliphatic carbocycles. The van der Waals surface area contributed by atoms with Gasteiger partial charge in [0.05, 0.1) is 6.61 Å². The van der Waals surface area contributed by atoms with Crippen LogP contribution in [0.4, 0.5) is 5.69 Å². The van der Waals surface area contributed by atoms with E-state index in [0.717, 1.165) is 42.0 Å². The number of benzene rings is 2. The molecule has 3 aliphatic rings. The fraction of sp³-hybridized carbons (Fsp3) is 0.308. The van der Waals surface area contributed by atoms with Crippen LogP contribution < -0.4 is 15.4 Å². The number of para-hydroxylation sites is 1. The molecule has 3 aliphatic heterocycles. The van der Waals surface area contributed by atoms with Gasteiger partial charge >= 0.3 is 0 Å². The average Bonchev–Trinajstić information content (AvgIpc) is 3.27. The number of nitrogens with one attached hydrogen (secondary N) is 2. The van der Waals surface area contributed by atoms with E-state index < -0.39 is 0 Å². The van der Waals surface area contributed by atoms with E-state index >= 15 is 0 Å². The van der Waals surface area contributed by atoms with E-state index in [0.29, 0.717) is 19.4 Å².